The number of H-pyrrole nitrogens is 1. The quantitative estimate of drug-likeness (QED) is 0.797. The van der Waals surface area contributed by atoms with Gasteiger partial charge in [0.2, 0.25) is 0 Å². The molecule has 0 radical (unpaired) electrons. The molecule has 0 saturated carbocycles. The van der Waals surface area contributed by atoms with Gasteiger partial charge in [-0.2, -0.15) is 5.26 Å². The van der Waals surface area contributed by atoms with Gasteiger partial charge in [-0.15, -0.1) is 0 Å². The Balaban J connectivity index is 2.78. The normalized spacial score (nSPS) is 10.1. The van der Waals surface area contributed by atoms with Crippen LogP contribution in [-0.2, 0) is 5.33 Å². The number of halogens is 1. The van der Waals surface area contributed by atoms with Crippen molar-refractivity contribution in [1.29, 1.82) is 5.26 Å². The lowest BCUT2D eigenvalue weighted by molar-refractivity contribution is 1.11. The van der Waals surface area contributed by atoms with E-state index in [1.54, 1.807) is 18.2 Å². The van der Waals surface area contributed by atoms with E-state index in [1.165, 1.54) is 0 Å². The molecule has 0 spiro atoms. The molecule has 2 aromatic rings. The third-order valence-electron chi connectivity index (χ3n) is 2.02. The maximum atomic E-state index is 11.4. The molecule has 0 aliphatic heterocycles. The third kappa shape index (κ3) is 1.76. The number of fused-ring (bicyclic) bond motifs is 1. The second-order valence-corrected chi connectivity index (χ2v) is 3.55. The van der Waals surface area contributed by atoms with Gasteiger partial charge in [-0.3, -0.25) is 4.79 Å². The first-order valence-electron chi connectivity index (χ1n) is 4.23. The number of aromatic nitrogens is 2. The molecular formula is C10H6BrN3O. The van der Waals surface area contributed by atoms with Crippen molar-refractivity contribution in [3.63, 3.8) is 0 Å². The van der Waals surface area contributed by atoms with Crippen molar-refractivity contribution in [2.24, 2.45) is 0 Å². The summed E-state index contributed by atoms with van der Waals surface area (Å²) in [5, 5.41) is 9.12. The van der Waals surface area contributed by atoms with E-state index in [0.717, 1.165) is 0 Å². The van der Waals surface area contributed by atoms with Gasteiger partial charge in [0, 0.05) is 0 Å². The number of nitrogens with zero attached hydrogens (tertiary/aromatic N) is 2. The monoisotopic (exact) mass is 263 g/mol. The number of hydrogen-bond acceptors (Lipinski definition) is 3. The van der Waals surface area contributed by atoms with Crippen molar-refractivity contribution in [1.82, 2.24) is 9.97 Å². The lowest BCUT2D eigenvalue weighted by Gasteiger charge is -1.99. The molecule has 15 heavy (non-hydrogen) atoms. The largest absolute Gasteiger partial charge is 0.319 e. The zero-order valence-corrected chi connectivity index (χ0v) is 9.21. The van der Waals surface area contributed by atoms with E-state index in [-0.39, 0.29) is 5.56 Å². The molecule has 0 fully saturated rings. The first kappa shape index (κ1) is 9.87. The minimum Gasteiger partial charge on any atom is -0.319 e. The minimum absolute atomic E-state index is 0.205. The Morgan fingerprint density at radius 1 is 1.53 bits per heavy atom. The van der Waals surface area contributed by atoms with Crippen molar-refractivity contribution in [2.75, 3.05) is 0 Å². The zero-order valence-electron chi connectivity index (χ0n) is 7.62. The maximum absolute atomic E-state index is 11.4. The van der Waals surface area contributed by atoms with Crippen LogP contribution in [-0.4, -0.2) is 9.97 Å². The van der Waals surface area contributed by atoms with E-state index in [0.29, 0.717) is 27.6 Å². The van der Waals surface area contributed by atoms with Gasteiger partial charge >= 0.3 is 0 Å². The highest BCUT2D eigenvalue weighted by atomic mass is 79.9. The molecule has 0 unspecified atom stereocenters. The van der Waals surface area contributed by atoms with Crippen molar-refractivity contribution in [2.45, 2.75) is 5.33 Å². The summed E-state index contributed by atoms with van der Waals surface area (Å²) in [5.74, 6) is 0. The maximum Gasteiger partial charge on any atom is 0.271 e. The molecule has 0 bridgehead atoms. The van der Waals surface area contributed by atoms with Gasteiger partial charge < -0.3 is 4.98 Å². The van der Waals surface area contributed by atoms with Crippen LogP contribution in [0.4, 0.5) is 0 Å². The molecule has 0 aliphatic rings. The Morgan fingerprint density at radius 2 is 2.33 bits per heavy atom. The molecule has 0 atom stereocenters. The van der Waals surface area contributed by atoms with Crippen LogP contribution < -0.4 is 5.56 Å². The Hall–Kier alpha value is -1.67. The third-order valence-corrected chi connectivity index (χ3v) is 2.55. The topological polar surface area (TPSA) is 69.5 Å². The van der Waals surface area contributed by atoms with E-state index in [4.69, 9.17) is 5.26 Å². The number of nitriles is 1. The number of alkyl halides is 1. The number of nitrogens with one attached hydrogen (secondary N) is 1. The summed E-state index contributed by atoms with van der Waals surface area (Å²) in [6.45, 7) is 0. The lowest BCUT2D eigenvalue weighted by Crippen LogP contribution is -2.13. The van der Waals surface area contributed by atoms with Crippen LogP contribution in [0.5, 0.6) is 0 Å². The molecule has 74 valence electrons. The van der Waals surface area contributed by atoms with Gasteiger partial charge in [-0.1, -0.05) is 15.9 Å². The van der Waals surface area contributed by atoms with Crippen LogP contribution in [0.3, 0.4) is 0 Å². The second-order valence-electron chi connectivity index (χ2n) is 2.99. The average molecular weight is 264 g/mol. The van der Waals surface area contributed by atoms with Crippen LogP contribution in [0.2, 0.25) is 0 Å². The van der Waals surface area contributed by atoms with Crippen molar-refractivity contribution >= 4 is 27.0 Å². The molecule has 5 heteroatoms. The highest BCUT2D eigenvalue weighted by Crippen LogP contribution is 2.10. The molecule has 1 aromatic carbocycles. The predicted molar refractivity (Wildman–Crippen MR) is 59.7 cm³/mol. The zero-order chi connectivity index (χ0) is 10.8. The number of rotatable bonds is 1. The molecular weight excluding hydrogens is 258 g/mol. The van der Waals surface area contributed by atoms with Crippen LogP contribution in [0.1, 0.15) is 11.3 Å². The smallest absolute Gasteiger partial charge is 0.271 e. The summed E-state index contributed by atoms with van der Waals surface area (Å²) in [6.07, 6.45) is 0. The Labute approximate surface area is 93.7 Å². The van der Waals surface area contributed by atoms with E-state index in [9.17, 15) is 4.79 Å². The first-order valence-corrected chi connectivity index (χ1v) is 5.36. The summed E-state index contributed by atoms with van der Waals surface area (Å²) in [4.78, 5) is 18.3. The molecule has 0 aliphatic carbocycles. The molecule has 1 heterocycles. The van der Waals surface area contributed by atoms with Gasteiger partial charge in [0.25, 0.3) is 5.56 Å². The van der Waals surface area contributed by atoms with E-state index >= 15 is 0 Å². The molecule has 2 rings (SSSR count). The standard InChI is InChI=1S/C10H6BrN3O/c11-4-9-10(15)14-7-2-1-6(5-12)3-8(7)13-9/h1-3H,4H2,(H,14,15). The van der Waals surface area contributed by atoms with Crippen LogP contribution in [0.25, 0.3) is 11.0 Å². The fourth-order valence-electron chi connectivity index (χ4n) is 1.28. The summed E-state index contributed by atoms with van der Waals surface area (Å²) in [7, 11) is 0. The van der Waals surface area contributed by atoms with E-state index in [2.05, 4.69) is 25.9 Å². The average Bonchev–Trinajstić information content (AvgIpc) is 2.27. The van der Waals surface area contributed by atoms with Crippen LogP contribution in [0.15, 0.2) is 23.0 Å². The van der Waals surface area contributed by atoms with Crippen molar-refractivity contribution < 1.29 is 0 Å². The first-order chi connectivity index (χ1) is 7.24. The van der Waals surface area contributed by atoms with Crippen LogP contribution >= 0.6 is 15.9 Å². The molecule has 0 amide bonds. The van der Waals surface area contributed by atoms with Crippen LogP contribution in [0, 0.1) is 11.3 Å². The fraction of sp³-hybridized carbons (Fsp3) is 0.100. The Bertz CT molecular complexity index is 612. The van der Waals surface area contributed by atoms with Gasteiger partial charge in [-0.05, 0) is 18.2 Å². The second kappa shape index (κ2) is 3.83. The Morgan fingerprint density at radius 3 is 3.00 bits per heavy atom. The van der Waals surface area contributed by atoms with Crippen molar-refractivity contribution in [3.05, 3.63) is 39.8 Å². The van der Waals surface area contributed by atoms with E-state index in [1.807, 2.05) is 6.07 Å². The van der Waals surface area contributed by atoms with Gasteiger partial charge in [0.15, 0.2) is 0 Å². The Kier molecular flexibility index (Phi) is 2.52. The molecule has 1 N–H and O–H groups in total. The predicted octanol–water partition coefficient (Wildman–Crippen LogP) is 1.69. The number of hydrogen-bond donors (Lipinski definition) is 1. The summed E-state index contributed by atoms with van der Waals surface area (Å²) in [6, 6.07) is 7.01. The summed E-state index contributed by atoms with van der Waals surface area (Å²) in [5.41, 5.74) is 2.01. The summed E-state index contributed by atoms with van der Waals surface area (Å²) >= 11 is 3.18. The number of aromatic amines is 1. The van der Waals surface area contributed by atoms with Crippen molar-refractivity contribution in [3.8, 4) is 6.07 Å². The molecule has 4 nitrogen and oxygen atoms in total. The molecule has 0 saturated heterocycles. The van der Waals surface area contributed by atoms with E-state index < -0.39 is 0 Å². The van der Waals surface area contributed by atoms with Gasteiger partial charge in [0.05, 0.1) is 28.0 Å². The SMILES string of the molecule is N#Cc1ccc2[nH]c(=O)c(CBr)nc2c1. The fourth-order valence-corrected chi connectivity index (χ4v) is 1.66. The molecule has 1 aromatic heterocycles. The minimum atomic E-state index is -0.205. The lowest BCUT2D eigenvalue weighted by atomic mass is 10.2. The summed E-state index contributed by atoms with van der Waals surface area (Å²) < 4.78 is 0. The highest BCUT2D eigenvalue weighted by molar-refractivity contribution is 9.08. The van der Waals surface area contributed by atoms with Gasteiger partial charge in [-0.25, -0.2) is 4.98 Å². The van der Waals surface area contributed by atoms with Gasteiger partial charge in [0.1, 0.15) is 5.69 Å². The number of benzene rings is 1. The highest BCUT2D eigenvalue weighted by Gasteiger charge is 2.03.